The Morgan fingerprint density at radius 1 is 1.03 bits per heavy atom. The Kier molecular flexibility index (Phi) is 6.91. The molecule has 0 aromatic heterocycles. The van der Waals surface area contributed by atoms with Gasteiger partial charge in [-0.25, -0.2) is 0 Å². The number of carbonyl (C=O) groups excluding carboxylic acids is 2. The molecule has 0 aliphatic heterocycles. The van der Waals surface area contributed by atoms with Gasteiger partial charge in [0.2, 0.25) is 0 Å². The lowest BCUT2D eigenvalue weighted by atomic mass is 10.0. The molecule has 29 heavy (non-hydrogen) atoms. The molecule has 0 radical (unpaired) electrons. The van der Waals surface area contributed by atoms with Crippen LogP contribution < -0.4 is 10.1 Å². The van der Waals surface area contributed by atoms with Gasteiger partial charge in [-0.3, -0.25) is 9.59 Å². The van der Waals surface area contributed by atoms with Gasteiger partial charge in [0, 0.05) is 22.7 Å². The summed E-state index contributed by atoms with van der Waals surface area (Å²) >= 11 is 12.0. The molecule has 0 saturated heterocycles. The number of ether oxygens (including phenoxy) is 1. The van der Waals surface area contributed by atoms with Gasteiger partial charge in [0.05, 0.1) is 17.2 Å². The van der Waals surface area contributed by atoms with E-state index in [-0.39, 0.29) is 12.5 Å². The van der Waals surface area contributed by atoms with Crippen LogP contribution in [-0.2, 0) is 6.54 Å². The van der Waals surface area contributed by atoms with E-state index in [1.807, 2.05) is 43.3 Å². The molecule has 0 atom stereocenters. The highest BCUT2D eigenvalue weighted by Crippen LogP contribution is 2.28. The van der Waals surface area contributed by atoms with Crippen molar-refractivity contribution < 1.29 is 14.3 Å². The number of halogens is 2. The Morgan fingerprint density at radius 2 is 1.83 bits per heavy atom. The highest BCUT2D eigenvalue weighted by Gasteiger charge is 2.13. The van der Waals surface area contributed by atoms with E-state index >= 15 is 0 Å². The Bertz CT molecular complexity index is 1050. The molecular weight excluding hydrogens is 409 g/mol. The molecule has 0 unspecified atom stereocenters. The molecule has 0 heterocycles. The van der Waals surface area contributed by atoms with Gasteiger partial charge in [0.15, 0.2) is 0 Å². The number of aldehydes is 1. The molecule has 1 amide bonds. The first-order valence-corrected chi connectivity index (χ1v) is 9.82. The van der Waals surface area contributed by atoms with Crippen LogP contribution in [0.2, 0.25) is 10.0 Å². The first kappa shape index (κ1) is 20.9. The highest BCUT2D eigenvalue weighted by molar-refractivity contribution is 6.36. The predicted molar refractivity (Wildman–Crippen MR) is 116 cm³/mol. The highest BCUT2D eigenvalue weighted by atomic mass is 35.5. The molecule has 0 aliphatic rings. The fourth-order valence-electron chi connectivity index (χ4n) is 2.93. The van der Waals surface area contributed by atoms with Crippen LogP contribution >= 0.6 is 23.2 Å². The van der Waals surface area contributed by atoms with E-state index in [4.69, 9.17) is 27.9 Å². The summed E-state index contributed by atoms with van der Waals surface area (Å²) in [5.41, 5.74) is 3.60. The quantitative estimate of drug-likeness (QED) is 0.484. The second-order valence-electron chi connectivity index (χ2n) is 6.31. The second-order valence-corrected chi connectivity index (χ2v) is 7.15. The third-order valence-corrected chi connectivity index (χ3v) is 4.88. The number of rotatable bonds is 7. The van der Waals surface area contributed by atoms with Gasteiger partial charge in [-0.15, -0.1) is 0 Å². The molecule has 148 valence electrons. The minimum atomic E-state index is -0.303. The summed E-state index contributed by atoms with van der Waals surface area (Å²) in [6.07, 6.45) is 0.815. The topological polar surface area (TPSA) is 55.4 Å². The zero-order chi connectivity index (χ0) is 20.8. The van der Waals surface area contributed by atoms with Crippen molar-refractivity contribution in [1.82, 2.24) is 5.32 Å². The Labute approximate surface area is 179 Å². The van der Waals surface area contributed by atoms with Gasteiger partial charge in [0.25, 0.3) is 5.91 Å². The average Bonchev–Trinajstić information content (AvgIpc) is 2.73. The minimum absolute atomic E-state index is 0.258. The van der Waals surface area contributed by atoms with Gasteiger partial charge in [-0.05, 0) is 54.4 Å². The van der Waals surface area contributed by atoms with Crippen LogP contribution in [0.15, 0.2) is 60.7 Å². The van der Waals surface area contributed by atoms with Crippen molar-refractivity contribution in [3.63, 3.8) is 0 Å². The van der Waals surface area contributed by atoms with Gasteiger partial charge in [-0.1, -0.05) is 47.5 Å². The van der Waals surface area contributed by atoms with E-state index in [1.54, 1.807) is 18.2 Å². The number of carbonyl (C=O) groups is 2. The van der Waals surface area contributed by atoms with E-state index < -0.39 is 0 Å². The van der Waals surface area contributed by atoms with Crippen LogP contribution in [0.4, 0.5) is 0 Å². The molecule has 3 aromatic carbocycles. The van der Waals surface area contributed by atoms with E-state index in [9.17, 15) is 9.59 Å². The average molecular weight is 428 g/mol. The fourth-order valence-corrected chi connectivity index (χ4v) is 3.42. The minimum Gasteiger partial charge on any atom is -0.494 e. The van der Waals surface area contributed by atoms with Crippen LogP contribution in [0.5, 0.6) is 5.75 Å². The summed E-state index contributed by atoms with van der Waals surface area (Å²) in [6.45, 7) is 2.66. The summed E-state index contributed by atoms with van der Waals surface area (Å²) < 4.78 is 5.70. The van der Waals surface area contributed by atoms with Crippen molar-refractivity contribution in [3.8, 4) is 16.9 Å². The van der Waals surface area contributed by atoms with Crippen molar-refractivity contribution in [1.29, 1.82) is 0 Å². The maximum absolute atomic E-state index is 12.5. The van der Waals surface area contributed by atoms with Gasteiger partial charge in [0.1, 0.15) is 12.0 Å². The monoisotopic (exact) mass is 427 g/mol. The lowest BCUT2D eigenvalue weighted by Gasteiger charge is -2.14. The standard InChI is InChI=1S/C23H19Cl2NO3/c1-2-29-22-9-6-17(16-5-3-4-15(10-16)14-27)11-18(22)13-26-23(28)20-8-7-19(24)12-21(20)25/h3-12,14H,2,13H2,1H3,(H,26,28). The van der Waals surface area contributed by atoms with Gasteiger partial charge >= 0.3 is 0 Å². The van der Waals surface area contributed by atoms with Crippen molar-refractivity contribution >= 4 is 35.4 Å². The smallest absolute Gasteiger partial charge is 0.253 e. The summed E-state index contributed by atoms with van der Waals surface area (Å²) in [5, 5.41) is 3.63. The Balaban J connectivity index is 1.86. The molecule has 0 spiro atoms. The van der Waals surface area contributed by atoms with E-state index in [0.717, 1.165) is 23.0 Å². The van der Waals surface area contributed by atoms with E-state index in [1.165, 1.54) is 6.07 Å². The Hall–Kier alpha value is -2.82. The largest absolute Gasteiger partial charge is 0.494 e. The lowest BCUT2D eigenvalue weighted by Crippen LogP contribution is -2.23. The molecule has 0 bridgehead atoms. The Morgan fingerprint density at radius 3 is 2.55 bits per heavy atom. The van der Waals surface area contributed by atoms with E-state index in [2.05, 4.69) is 5.32 Å². The number of amides is 1. The van der Waals surface area contributed by atoms with Gasteiger partial charge in [-0.2, -0.15) is 0 Å². The normalized spacial score (nSPS) is 10.4. The number of hydrogen-bond acceptors (Lipinski definition) is 3. The van der Waals surface area contributed by atoms with Crippen molar-refractivity contribution in [3.05, 3.63) is 87.4 Å². The van der Waals surface area contributed by atoms with Gasteiger partial charge < -0.3 is 10.1 Å². The molecule has 0 fully saturated rings. The zero-order valence-electron chi connectivity index (χ0n) is 15.7. The van der Waals surface area contributed by atoms with Crippen molar-refractivity contribution in [2.75, 3.05) is 6.61 Å². The predicted octanol–water partition coefficient (Wildman–Crippen LogP) is 5.80. The lowest BCUT2D eigenvalue weighted by molar-refractivity contribution is 0.0950. The molecule has 1 N–H and O–H groups in total. The molecule has 0 saturated carbocycles. The second kappa shape index (κ2) is 9.59. The van der Waals surface area contributed by atoms with Crippen LogP contribution in [-0.4, -0.2) is 18.8 Å². The molecule has 4 nitrogen and oxygen atoms in total. The molecule has 3 rings (SSSR count). The summed E-state index contributed by atoms with van der Waals surface area (Å²) in [5.74, 6) is 0.382. The van der Waals surface area contributed by atoms with Crippen LogP contribution in [0, 0.1) is 0 Å². The molecule has 0 aliphatic carbocycles. The maximum atomic E-state index is 12.5. The summed E-state index contributed by atoms with van der Waals surface area (Å²) in [7, 11) is 0. The molecular formula is C23H19Cl2NO3. The zero-order valence-corrected chi connectivity index (χ0v) is 17.3. The third kappa shape index (κ3) is 5.17. The maximum Gasteiger partial charge on any atom is 0.253 e. The first-order valence-electron chi connectivity index (χ1n) is 9.06. The summed E-state index contributed by atoms with van der Waals surface area (Å²) in [4.78, 5) is 23.6. The van der Waals surface area contributed by atoms with Crippen LogP contribution in [0.3, 0.4) is 0 Å². The molecule has 3 aromatic rings. The first-order chi connectivity index (χ1) is 14.0. The van der Waals surface area contributed by atoms with Crippen molar-refractivity contribution in [2.24, 2.45) is 0 Å². The number of nitrogens with one attached hydrogen (secondary N) is 1. The van der Waals surface area contributed by atoms with Crippen LogP contribution in [0.1, 0.15) is 33.2 Å². The van der Waals surface area contributed by atoms with E-state index in [0.29, 0.717) is 33.5 Å². The molecule has 6 heteroatoms. The van der Waals surface area contributed by atoms with Crippen molar-refractivity contribution in [2.45, 2.75) is 13.5 Å². The SMILES string of the molecule is CCOc1ccc(-c2cccc(C=O)c2)cc1CNC(=O)c1ccc(Cl)cc1Cl. The fraction of sp³-hybridized carbons (Fsp3) is 0.130. The number of hydrogen-bond donors (Lipinski definition) is 1. The van der Waals surface area contributed by atoms with Crippen LogP contribution in [0.25, 0.3) is 11.1 Å². The summed E-state index contributed by atoms with van der Waals surface area (Å²) in [6, 6.07) is 17.8. The third-order valence-electron chi connectivity index (χ3n) is 4.33. The number of benzene rings is 3.